The molecule has 0 bridgehead atoms. The number of hydrogen-bond donors (Lipinski definition) is 2. The summed E-state index contributed by atoms with van der Waals surface area (Å²) in [7, 11) is -3.81. The fourth-order valence-corrected chi connectivity index (χ4v) is 4.15. The highest BCUT2D eigenvalue weighted by atomic mass is 32.2. The number of carbonyl (C=O) groups is 1. The van der Waals surface area contributed by atoms with Crippen LogP contribution in [0.25, 0.3) is 6.08 Å². The van der Waals surface area contributed by atoms with Crippen LogP contribution in [0.1, 0.15) is 29.2 Å². The van der Waals surface area contributed by atoms with Gasteiger partial charge in [0.15, 0.2) is 0 Å². The molecule has 0 aliphatic heterocycles. The van der Waals surface area contributed by atoms with E-state index in [1.54, 1.807) is 36.4 Å². The Morgan fingerprint density at radius 2 is 1.67 bits per heavy atom. The number of primary amides is 1. The molecule has 6 heteroatoms. The van der Waals surface area contributed by atoms with Crippen LogP contribution in [0.15, 0.2) is 59.5 Å². The number of hydrogen-bond acceptors (Lipinski definition) is 3. The molecule has 0 aromatic heterocycles. The number of fused-ring (bicyclic) bond motifs is 1. The molecule has 5 nitrogen and oxygen atoms in total. The number of aryl methyl sites for hydroxylation is 1. The fourth-order valence-electron chi connectivity index (χ4n) is 2.78. The van der Waals surface area contributed by atoms with Crippen LogP contribution in [0.3, 0.4) is 0 Å². The Morgan fingerprint density at radius 1 is 1.00 bits per heavy atom. The summed E-state index contributed by atoms with van der Waals surface area (Å²) in [6.07, 6.45) is 2.70. The number of nitrogens with one attached hydrogen (secondary N) is 1. The lowest BCUT2D eigenvalue weighted by Crippen LogP contribution is -2.38. The molecule has 3 rings (SSSR count). The molecule has 0 spiro atoms. The predicted octanol–water partition coefficient (Wildman–Crippen LogP) is 2.12. The third kappa shape index (κ3) is 3.39. The van der Waals surface area contributed by atoms with Gasteiger partial charge in [-0.3, -0.25) is 4.79 Å². The quantitative estimate of drug-likeness (QED) is 0.872. The standard InChI is InChI=1S/C18H18N2O3S/c19-18(21)17(14-7-2-1-3-8-14)20-24(22,23)16-11-10-13-6-4-5-9-15(13)12-16/h1-9,12,17,20H,10-11H2,(H2,19,21)/t17-/m0/s1. The normalized spacial score (nSPS) is 15.2. The van der Waals surface area contributed by atoms with Gasteiger partial charge in [-0.2, -0.15) is 4.72 Å². The first-order chi connectivity index (χ1) is 11.5. The van der Waals surface area contributed by atoms with E-state index in [4.69, 9.17) is 5.73 Å². The minimum Gasteiger partial charge on any atom is -0.368 e. The van der Waals surface area contributed by atoms with E-state index in [0.717, 1.165) is 11.1 Å². The Bertz CT molecular complexity index is 889. The Labute approximate surface area is 141 Å². The number of benzene rings is 2. The van der Waals surface area contributed by atoms with Gasteiger partial charge in [-0.15, -0.1) is 0 Å². The average molecular weight is 342 g/mol. The topological polar surface area (TPSA) is 89.3 Å². The molecular weight excluding hydrogens is 324 g/mol. The zero-order valence-corrected chi connectivity index (χ0v) is 13.8. The van der Waals surface area contributed by atoms with Crippen LogP contribution in [0.5, 0.6) is 0 Å². The molecule has 124 valence electrons. The first-order valence-corrected chi connectivity index (χ1v) is 9.11. The Morgan fingerprint density at radius 3 is 2.38 bits per heavy atom. The van der Waals surface area contributed by atoms with Gasteiger partial charge in [0.2, 0.25) is 15.9 Å². The molecule has 1 aliphatic carbocycles. The molecule has 0 fully saturated rings. The van der Waals surface area contributed by atoms with Gasteiger partial charge >= 0.3 is 0 Å². The van der Waals surface area contributed by atoms with Crippen molar-refractivity contribution in [3.8, 4) is 0 Å². The molecule has 2 aromatic carbocycles. The second kappa shape index (κ2) is 6.59. The molecule has 24 heavy (non-hydrogen) atoms. The summed E-state index contributed by atoms with van der Waals surface area (Å²) in [5, 5.41) is 0. The van der Waals surface area contributed by atoms with Gasteiger partial charge in [0, 0.05) is 0 Å². The van der Waals surface area contributed by atoms with Crippen molar-refractivity contribution in [3.05, 3.63) is 76.2 Å². The lowest BCUT2D eigenvalue weighted by atomic mass is 9.98. The number of carbonyl (C=O) groups excluding carboxylic acids is 1. The van der Waals surface area contributed by atoms with E-state index in [1.165, 1.54) is 0 Å². The molecule has 1 atom stereocenters. The van der Waals surface area contributed by atoms with E-state index in [2.05, 4.69) is 4.72 Å². The second-order valence-electron chi connectivity index (χ2n) is 5.68. The van der Waals surface area contributed by atoms with E-state index in [0.29, 0.717) is 18.4 Å². The number of amides is 1. The lowest BCUT2D eigenvalue weighted by Gasteiger charge is -2.20. The van der Waals surface area contributed by atoms with Crippen molar-refractivity contribution >= 4 is 22.0 Å². The van der Waals surface area contributed by atoms with Gasteiger partial charge in [-0.25, -0.2) is 8.42 Å². The monoisotopic (exact) mass is 342 g/mol. The molecule has 0 saturated carbocycles. The molecule has 0 unspecified atom stereocenters. The highest BCUT2D eigenvalue weighted by Crippen LogP contribution is 2.27. The van der Waals surface area contributed by atoms with Gasteiger partial charge in [0.1, 0.15) is 6.04 Å². The van der Waals surface area contributed by atoms with Gasteiger partial charge in [0.25, 0.3) is 0 Å². The molecule has 0 radical (unpaired) electrons. The fraction of sp³-hybridized carbons (Fsp3) is 0.167. The van der Waals surface area contributed by atoms with E-state index in [9.17, 15) is 13.2 Å². The number of sulfonamides is 1. The first kappa shape index (κ1) is 16.4. The van der Waals surface area contributed by atoms with E-state index in [1.807, 2.05) is 24.3 Å². The van der Waals surface area contributed by atoms with Crippen molar-refractivity contribution < 1.29 is 13.2 Å². The Hall–Kier alpha value is -2.44. The molecule has 0 saturated heterocycles. The molecule has 3 N–H and O–H groups in total. The van der Waals surface area contributed by atoms with E-state index in [-0.39, 0.29) is 4.91 Å². The molecule has 2 aromatic rings. The zero-order chi connectivity index (χ0) is 17.2. The summed E-state index contributed by atoms with van der Waals surface area (Å²) in [6, 6.07) is 15.2. The second-order valence-corrected chi connectivity index (χ2v) is 7.44. The highest BCUT2D eigenvalue weighted by Gasteiger charge is 2.28. The maximum Gasteiger partial charge on any atom is 0.240 e. The Balaban J connectivity index is 1.91. The van der Waals surface area contributed by atoms with Crippen LogP contribution in [0.2, 0.25) is 0 Å². The highest BCUT2D eigenvalue weighted by molar-refractivity contribution is 7.93. The predicted molar refractivity (Wildman–Crippen MR) is 93.2 cm³/mol. The Kier molecular flexibility index (Phi) is 4.51. The summed E-state index contributed by atoms with van der Waals surface area (Å²) < 4.78 is 27.8. The number of nitrogens with two attached hydrogens (primary N) is 1. The SMILES string of the molecule is NC(=O)[C@@H](NS(=O)(=O)C1=Cc2ccccc2CC1)c1ccccc1. The van der Waals surface area contributed by atoms with Crippen LogP contribution >= 0.6 is 0 Å². The minimum absolute atomic E-state index is 0.267. The third-order valence-electron chi connectivity index (χ3n) is 4.05. The maximum absolute atomic E-state index is 12.7. The summed E-state index contributed by atoms with van der Waals surface area (Å²) in [4.78, 5) is 12.0. The largest absolute Gasteiger partial charge is 0.368 e. The van der Waals surface area contributed by atoms with Crippen LogP contribution in [-0.2, 0) is 21.2 Å². The summed E-state index contributed by atoms with van der Waals surface area (Å²) in [6.45, 7) is 0. The lowest BCUT2D eigenvalue weighted by molar-refractivity contribution is -0.119. The zero-order valence-electron chi connectivity index (χ0n) is 13.0. The van der Waals surface area contributed by atoms with Gasteiger partial charge in [-0.1, -0.05) is 54.6 Å². The van der Waals surface area contributed by atoms with Crippen LogP contribution in [0, 0.1) is 0 Å². The number of allylic oxidation sites excluding steroid dienone is 1. The molecule has 0 heterocycles. The summed E-state index contributed by atoms with van der Waals surface area (Å²) in [5.74, 6) is -0.735. The van der Waals surface area contributed by atoms with Gasteiger partial charge in [-0.05, 0) is 35.6 Å². The number of rotatable bonds is 5. The molecule has 1 amide bonds. The van der Waals surface area contributed by atoms with Gasteiger partial charge in [0.05, 0.1) is 4.91 Å². The van der Waals surface area contributed by atoms with Crippen LogP contribution < -0.4 is 10.5 Å². The van der Waals surface area contributed by atoms with Crippen molar-refractivity contribution in [1.82, 2.24) is 4.72 Å². The van der Waals surface area contributed by atoms with Gasteiger partial charge < -0.3 is 5.73 Å². The minimum atomic E-state index is -3.81. The average Bonchev–Trinajstić information content (AvgIpc) is 2.60. The van der Waals surface area contributed by atoms with Crippen molar-refractivity contribution in [2.45, 2.75) is 18.9 Å². The van der Waals surface area contributed by atoms with Crippen molar-refractivity contribution in [1.29, 1.82) is 0 Å². The van der Waals surface area contributed by atoms with Crippen molar-refractivity contribution in [2.24, 2.45) is 5.73 Å². The van der Waals surface area contributed by atoms with E-state index < -0.39 is 22.0 Å². The van der Waals surface area contributed by atoms with Crippen LogP contribution in [-0.4, -0.2) is 14.3 Å². The first-order valence-electron chi connectivity index (χ1n) is 7.62. The third-order valence-corrected chi connectivity index (χ3v) is 5.61. The summed E-state index contributed by atoms with van der Waals surface area (Å²) >= 11 is 0. The summed E-state index contributed by atoms with van der Waals surface area (Å²) in [5.41, 5.74) is 7.92. The van der Waals surface area contributed by atoms with Crippen LogP contribution in [0.4, 0.5) is 0 Å². The maximum atomic E-state index is 12.7. The van der Waals surface area contributed by atoms with Crippen molar-refractivity contribution in [3.63, 3.8) is 0 Å². The molecular formula is C18H18N2O3S. The van der Waals surface area contributed by atoms with Crippen molar-refractivity contribution in [2.75, 3.05) is 0 Å². The molecule has 1 aliphatic rings. The smallest absolute Gasteiger partial charge is 0.240 e. The van der Waals surface area contributed by atoms with E-state index >= 15 is 0 Å².